The second-order valence-corrected chi connectivity index (χ2v) is 4.44. The van der Waals surface area contributed by atoms with Gasteiger partial charge in [0, 0.05) is 11.0 Å². The van der Waals surface area contributed by atoms with Gasteiger partial charge in [0.1, 0.15) is 0 Å². The van der Waals surface area contributed by atoms with Crippen molar-refractivity contribution in [2.24, 2.45) is 5.41 Å². The van der Waals surface area contributed by atoms with Crippen molar-refractivity contribution < 1.29 is 5.11 Å². The Labute approximate surface area is 109 Å². The van der Waals surface area contributed by atoms with Gasteiger partial charge in [-0.3, -0.25) is 0 Å². The maximum atomic E-state index is 9.02. The van der Waals surface area contributed by atoms with Gasteiger partial charge in [-0.1, -0.05) is 37.3 Å². The van der Waals surface area contributed by atoms with Gasteiger partial charge >= 0.3 is 0 Å². The molecule has 0 unspecified atom stereocenters. The molecule has 17 heavy (non-hydrogen) atoms. The van der Waals surface area contributed by atoms with Gasteiger partial charge in [0.05, 0.1) is 17.3 Å². The molecular weight excluding hydrogens is 234 g/mol. The second kappa shape index (κ2) is 7.21. The van der Waals surface area contributed by atoms with Crippen molar-refractivity contribution in [1.82, 2.24) is 0 Å². The Morgan fingerprint density at radius 1 is 1.35 bits per heavy atom. The monoisotopic (exact) mass is 253 g/mol. The molecule has 2 nitrogen and oxygen atoms in total. The molecule has 0 bridgehead atoms. The quantitative estimate of drug-likeness (QED) is 0.596. The van der Waals surface area contributed by atoms with Crippen LogP contribution in [0.3, 0.4) is 0 Å². The van der Waals surface area contributed by atoms with Crippen LogP contribution in [0.1, 0.15) is 33.3 Å². The van der Waals surface area contributed by atoms with E-state index in [1.54, 1.807) is 12.1 Å². The normalized spacial score (nSPS) is 9.76. The van der Waals surface area contributed by atoms with Crippen molar-refractivity contribution in [2.75, 3.05) is 12.3 Å². The topological polar surface area (TPSA) is 46.2 Å². The number of nitrogens with two attached hydrogens (primary N) is 1. The molecule has 0 aliphatic rings. The number of hydrogen-bond donors (Lipinski definition) is 2. The van der Waals surface area contributed by atoms with Gasteiger partial charge in [0.25, 0.3) is 0 Å². The second-order valence-electron chi connectivity index (χ2n) is 4.03. The van der Waals surface area contributed by atoms with Gasteiger partial charge in [0.15, 0.2) is 0 Å². The molecule has 3 N–H and O–H groups in total. The predicted molar refractivity (Wildman–Crippen MR) is 75.0 cm³/mol. The van der Waals surface area contributed by atoms with Crippen LogP contribution >= 0.6 is 11.6 Å². The van der Waals surface area contributed by atoms with E-state index in [2.05, 4.69) is 11.8 Å². The smallest absolute Gasteiger partial charge is 0.0647 e. The van der Waals surface area contributed by atoms with E-state index in [1.165, 1.54) is 0 Å². The number of nitrogen functional groups attached to an aromatic ring is 1. The lowest BCUT2D eigenvalue weighted by atomic mass is 9.95. The van der Waals surface area contributed by atoms with E-state index in [4.69, 9.17) is 22.4 Å². The van der Waals surface area contributed by atoms with Crippen molar-refractivity contribution >= 4 is 17.3 Å². The minimum absolute atomic E-state index is 0.0305. The fourth-order valence-corrected chi connectivity index (χ4v) is 1.07. The van der Waals surface area contributed by atoms with Crippen LogP contribution in [0.4, 0.5) is 5.69 Å². The first kappa shape index (κ1) is 15.8. The first-order valence-corrected chi connectivity index (χ1v) is 6.01. The third-order valence-electron chi connectivity index (χ3n) is 1.94. The van der Waals surface area contributed by atoms with Crippen LogP contribution < -0.4 is 5.73 Å². The number of benzene rings is 1. The standard InChI is InChI=1S/C12H14ClNO.C2H6/c1-12(2,8-15)6-5-9-3-4-11(14)10(13)7-9;1-2/h3-4,7,15H,8,14H2,1-2H3;1-2H3. The van der Waals surface area contributed by atoms with Crippen molar-refractivity contribution in [3.8, 4) is 11.8 Å². The van der Waals surface area contributed by atoms with Crippen molar-refractivity contribution in [3.05, 3.63) is 28.8 Å². The molecule has 94 valence electrons. The van der Waals surface area contributed by atoms with E-state index in [9.17, 15) is 0 Å². The van der Waals surface area contributed by atoms with E-state index >= 15 is 0 Å². The van der Waals surface area contributed by atoms with Gasteiger partial charge in [-0.05, 0) is 32.0 Å². The maximum absolute atomic E-state index is 9.02. The molecule has 0 saturated carbocycles. The molecule has 0 aromatic heterocycles. The minimum Gasteiger partial charge on any atom is -0.398 e. The third-order valence-corrected chi connectivity index (χ3v) is 2.27. The molecule has 0 fully saturated rings. The SMILES string of the molecule is CC.CC(C)(C#Cc1ccc(N)c(Cl)c1)CO. The molecule has 1 aromatic rings. The zero-order valence-electron chi connectivity index (χ0n) is 10.8. The van der Waals surface area contributed by atoms with Crippen LogP contribution in [0, 0.1) is 17.3 Å². The third kappa shape index (κ3) is 5.63. The van der Waals surface area contributed by atoms with E-state index in [0.29, 0.717) is 10.7 Å². The van der Waals surface area contributed by atoms with Crippen LogP contribution in [0.2, 0.25) is 5.02 Å². The average Bonchev–Trinajstić information content (AvgIpc) is 2.33. The summed E-state index contributed by atoms with van der Waals surface area (Å²) in [4.78, 5) is 0. The van der Waals surface area contributed by atoms with Gasteiger partial charge in [-0.25, -0.2) is 0 Å². The molecule has 0 aliphatic heterocycles. The molecule has 0 amide bonds. The molecule has 0 spiro atoms. The van der Waals surface area contributed by atoms with Crippen LogP contribution in [0.5, 0.6) is 0 Å². The van der Waals surface area contributed by atoms with Gasteiger partial charge < -0.3 is 10.8 Å². The van der Waals surface area contributed by atoms with Crippen molar-refractivity contribution in [1.29, 1.82) is 0 Å². The van der Waals surface area contributed by atoms with Crippen molar-refractivity contribution in [2.45, 2.75) is 27.7 Å². The Bertz CT molecular complexity index is 416. The summed E-state index contributed by atoms with van der Waals surface area (Å²) in [6.45, 7) is 7.78. The maximum Gasteiger partial charge on any atom is 0.0647 e. The van der Waals surface area contributed by atoms with Crippen LogP contribution in [-0.2, 0) is 0 Å². The highest BCUT2D eigenvalue weighted by molar-refractivity contribution is 6.33. The lowest BCUT2D eigenvalue weighted by Crippen LogP contribution is -2.13. The molecule has 3 heteroatoms. The number of halogens is 1. The number of hydrogen-bond acceptors (Lipinski definition) is 2. The lowest BCUT2D eigenvalue weighted by Gasteiger charge is -2.11. The Morgan fingerprint density at radius 2 is 1.94 bits per heavy atom. The summed E-state index contributed by atoms with van der Waals surface area (Å²) < 4.78 is 0. The van der Waals surface area contributed by atoms with E-state index < -0.39 is 5.41 Å². The highest BCUT2D eigenvalue weighted by Gasteiger charge is 2.11. The summed E-state index contributed by atoms with van der Waals surface area (Å²) in [5, 5.41) is 9.53. The summed E-state index contributed by atoms with van der Waals surface area (Å²) in [6, 6.07) is 5.25. The first-order chi connectivity index (χ1) is 7.94. The molecule has 0 saturated heterocycles. The van der Waals surface area contributed by atoms with Crippen LogP contribution in [0.15, 0.2) is 18.2 Å². The Kier molecular flexibility index (Phi) is 6.72. The predicted octanol–water partition coefficient (Wildman–Crippen LogP) is 3.32. The Morgan fingerprint density at radius 3 is 2.41 bits per heavy atom. The fraction of sp³-hybridized carbons (Fsp3) is 0.429. The first-order valence-electron chi connectivity index (χ1n) is 5.64. The highest BCUT2D eigenvalue weighted by atomic mass is 35.5. The summed E-state index contributed by atoms with van der Waals surface area (Å²) in [5.74, 6) is 5.93. The summed E-state index contributed by atoms with van der Waals surface area (Å²) in [5.41, 5.74) is 6.53. The molecule has 1 aromatic carbocycles. The summed E-state index contributed by atoms with van der Waals surface area (Å²) in [7, 11) is 0. The molecule has 0 heterocycles. The highest BCUT2D eigenvalue weighted by Crippen LogP contribution is 2.19. The molecule has 0 radical (unpaired) electrons. The molecule has 1 rings (SSSR count). The van der Waals surface area contributed by atoms with Gasteiger partial charge in [-0.15, -0.1) is 0 Å². The molecule has 0 aliphatic carbocycles. The van der Waals surface area contributed by atoms with Gasteiger partial charge in [0.2, 0.25) is 0 Å². The average molecular weight is 254 g/mol. The van der Waals surface area contributed by atoms with Crippen molar-refractivity contribution in [3.63, 3.8) is 0 Å². The van der Waals surface area contributed by atoms with E-state index in [0.717, 1.165) is 5.56 Å². The number of aliphatic hydroxyl groups excluding tert-OH is 1. The molecular formula is C14H20ClNO. The lowest BCUT2D eigenvalue weighted by molar-refractivity contribution is 0.206. The van der Waals surface area contributed by atoms with E-state index in [1.807, 2.05) is 33.8 Å². The minimum atomic E-state index is -0.395. The largest absolute Gasteiger partial charge is 0.398 e. The van der Waals surface area contributed by atoms with Crippen LogP contribution in [0.25, 0.3) is 0 Å². The fourth-order valence-electron chi connectivity index (χ4n) is 0.886. The van der Waals surface area contributed by atoms with Crippen LogP contribution in [-0.4, -0.2) is 11.7 Å². The Balaban J connectivity index is 0.00000121. The Hall–Kier alpha value is -1.17. The number of aliphatic hydroxyl groups is 1. The molecule has 0 atom stereocenters. The summed E-state index contributed by atoms with van der Waals surface area (Å²) >= 11 is 5.86. The summed E-state index contributed by atoms with van der Waals surface area (Å²) in [6.07, 6.45) is 0. The zero-order chi connectivity index (χ0) is 13.5. The van der Waals surface area contributed by atoms with Gasteiger partial charge in [-0.2, -0.15) is 0 Å². The van der Waals surface area contributed by atoms with E-state index in [-0.39, 0.29) is 6.61 Å². The number of rotatable bonds is 1. The zero-order valence-corrected chi connectivity index (χ0v) is 11.6. The number of anilines is 1.